The Bertz CT molecular complexity index is 1330. The Morgan fingerprint density at radius 2 is 1.71 bits per heavy atom. The second kappa shape index (κ2) is 10.0. The second-order valence-corrected chi connectivity index (χ2v) is 8.74. The minimum Gasteiger partial charge on any atom is -0.507 e. The van der Waals surface area contributed by atoms with Crippen LogP contribution in [0.1, 0.15) is 29.7 Å². The Balaban J connectivity index is 1.96. The van der Waals surface area contributed by atoms with E-state index in [9.17, 15) is 14.7 Å². The molecule has 0 aliphatic carbocycles. The standard InChI is InChI=1S/C27H23Cl2NO5/c1-4-35-18-10-7-9-17(14-18)30-23(19-11-6-5-8-15(19)2)22(25(32)27(30)33)24(31)16-12-20(28)26(34-3)21(29)13-16/h5-14,23,31H,4H2,1-3H3/b24-22+. The van der Waals surface area contributed by atoms with Crippen molar-refractivity contribution in [2.75, 3.05) is 18.6 Å². The Kier molecular flexibility index (Phi) is 7.05. The number of hydrogen-bond donors (Lipinski definition) is 1. The average Bonchev–Trinajstić information content (AvgIpc) is 3.09. The van der Waals surface area contributed by atoms with Gasteiger partial charge in [-0.1, -0.05) is 53.5 Å². The first-order chi connectivity index (χ1) is 16.8. The quantitative estimate of drug-likeness (QED) is 0.237. The van der Waals surface area contributed by atoms with Gasteiger partial charge in [-0.2, -0.15) is 0 Å². The van der Waals surface area contributed by atoms with Gasteiger partial charge in [-0.25, -0.2) is 0 Å². The number of hydrogen-bond acceptors (Lipinski definition) is 5. The molecule has 1 fully saturated rings. The lowest BCUT2D eigenvalue weighted by molar-refractivity contribution is -0.132. The molecule has 1 heterocycles. The van der Waals surface area contributed by atoms with E-state index in [1.807, 2.05) is 38.1 Å². The molecule has 1 N–H and O–H groups in total. The minimum atomic E-state index is -0.882. The van der Waals surface area contributed by atoms with E-state index < -0.39 is 17.7 Å². The fourth-order valence-corrected chi connectivity index (χ4v) is 4.86. The predicted octanol–water partition coefficient (Wildman–Crippen LogP) is 6.34. The average molecular weight is 512 g/mol. The van der Waals surface area contributed by atoms with Crippen molar-refractivity contribution in [1.29, 1.82) is 0 Å². The van der Waals surface area contributed by atoms with E-state index in [0.717, 1.165) is 5.56 Å². The molecule has 0 spiro atoms. The van der Waals surface area contributed by atoms with Crippen molar-refractivity contribution in [1.82, 2.24) is 0 Å². The molecule has 35 heavy (non-hydrogen) atoms. The fourth-order valence-electron chi connectivity index (χ4n) is 4.22. The van der Waals surface area contributed by atoms with Crippen molar-refractivity contribution in [2.24, 2.45) is 0 Å². The van der Waals surface area contributed by atoms with Crippen LogP contribution in [-0.2, 0) is 9.59 Å². The van der Waals surface area contributed by atoms with Crippen molar-refractivity contribution >= 4 is 46.3 Å². The fraction of sp³-hybridized carbons (Fsp3) is 0.185. The molecule has 1 saturated heterocycles. The van der Waals surface area contributed by atoms with E-state index >= 15 is 0 Å². The Morgan fingerprint density at radius 3 is 2.34 bits per heavy atom. The minimum absolute atomic E-state index is 0.0663. The number of Topliss-reactive ketones (excluding diaryl/α,β-unsaturated/α-hetero) is 1. The van der Waals surface area contributed by atoms with E-state index in [2.05, 4.69) is 0 Å². The highest BCUT2D eigenvalue weighted by molar-refractivity contribution is 6.51. The van der Waals surface area contributed by atoms with E-state index in [0.29, 0.717) is 23.6 Å². The maximum Gasteiger partial charge on any atom is 0.300 e. The van der Waals surface area contributed by atoms with Gasteiger partial charge in [-0.15, -0.1) is 0 Å². The van der Waals surface area contributed by atoms with Crippen LogP contribution in [0.5, 0.6) is 11.5 Å². The van der Waals surface area contributed by atoms with Gasteiger partial charge in [0.1, 0.15) is 11.5 Å². The Hall–Kier alpha value is -3.48. The van der Waals surface area contributed by atoms with Crippen LogP contribution in [-0.4, -0.2) is 30.5 Å². The molecule has 0 aromatic heterocycles. The summed E-state index contributed by atoms with van der Waals surface area (Å²) in [7, 11) is 1.42. The normalized spacial score (nSPS) is 17.1. The van der Waals surface area contributed by atoms with Crippen LogP contribution in [0.3, 0.4) is 0 Å². The monoisotopic (exact) mass is 511 g/mol. The van der Waals surface area contributed by atoms with Crippen LogP contribution >= 0.6 is 23.2 Å². The number of ketones is 1. The molecule has 4 rings (SSSR count). The van der Waals surface area contributed by atoms with Crippen LogP contribution in [0.15, 0.2) is 66.2 Å². The maximum absolute atomic E-state index is 13.4. The summed E-state index contributed by atoms with van der Waals surface area (Å²) in [5.74, 6) is -1.16. The van der Waals surface area contributed by atoms with Crippen LogP contribution in [0.2, 0.25) is 10.0 Å². The van der Waals surface area contributed by atoms with Gasteiger partial charge in [-0.3, -0.25) is 14.5 Å². The lowest BCUT2D eigenvalue weighted by Gasteiger charge is -2.27. The molecule has 180 valence electrons. The SMILES string of the molecule is CCOc1cccc(N2C(=O)C(=O)/C(=C(/O)c3cc(Cl)c(OC)c(Cl)c3)C2c2ccccc2C)c1. The number of rotatable bonds is 6. The first-order valence-corrected chi connectivity index (χ1v) is 11.7. The lowest BCUT2D eigenvalue weighted by Crippen LogP contribution is -2.29. The van der Waals surface area contributed by atoms with E-state index in [-0.39, 0.29) is 32.7 Å². The number of ether oxygens (including phenoxy) is 2. The third kappa shape index (κ3) is 4.47. The lowest BCUT2D eigenvalue weighted by atomic mass is 9.92. The number of amides is 1. The van der Waals surface area contributed by atoms with Gasteiger partial charge in [-0.05, 0) is 49.2 Å². The molecule has 8 heteroatoms. The highest BCUT2D eigenvalue weighted by Gasteiger charge is 2.47. The largest absolute Gasteiger partial charge is 0.507 e. The number of anilines is 1. The molecular weight excluding hydrogens is 489 g/mol. The topological polar surface area (TPSA) is 76.1 Å². The highest BCUT2D eigenvalue weighted by Crippen LogP contribution is 2.45. The van der Waals surface area contributed by atoms with Gasteiger partial charge >= 0.3 is 0 Å². The van der Waals surface area contributed by atoms with Gasteiger partial charge in [0.2, 0.25) is 0 Å². The van der Waals surface area contributed by atoms with Crippen LogP contribution in [0.25, 0.3) is 5.76 Å². The van der Waals surface area contributed by atoms with Crippen LogP contribution in [0, 0.1) is 6.92 Å². The second-order valence-electron chi connectivity index (χ2n) is 7.93. The van der Waals surface area contributed by atoms with Crippen molar-refractivity contribution in [3.63, 3.8) is 0 Å². The molecule has 1 amide bonds. The number of carbonyl (C=O) groups excluding carboxylic acids is 2. The Morgan fingerprint density at radius 1 is 1.03 bits per heavy atom. The number of aliphatic hydroxyl groups is 1. The van der Waals surface area contributed by atoms with Gasteiger partial charge in [0, 0.05) is 17.3 Å². The number of nitrogens with zero attached hydrogens (tertiary/aromatic N) is 1. The maximum atomic E-state index is 13.4. The molecule has 3 aromatic carbocycles. The van der Waals surface area contributed by atoms with E-state index in [1.54, 1.807) is 24.3 Å². The molecule has 1 unspecified atom stereocenters. The number of halogens is 2. The van der Waals surface area contributed by atoms with Crippen molar-refractivity contribution in [2.45, 2.75) is 19.9 Å². The molecule has 0 saturated carbocycles. The number of methoxy groups -OCH3 is 1. The van der Waals surface area contributed by atoms with E-state index in [4.69, 9.17) is 32.7 Å². The number of carbonyl (C=O) groups is 2. The zero-order chi connectivity index (χ0) is 25.3. The third-order valence-corrected chi connectivity index (χ3v) is 6.37. The van der Waals surface area contributed by atoms with Gasteiger partial charge < -0.3 is 14.6 Å². The molecular formula is C27H23Cl2NO5. The summed E-state index contributed by atoms with van der Waals surface area (Å²) >= 11 is 12.6. The first kappa shape index (κ1) is 24.6. The number of aliphatic hydroxyl groups excluding tert-OH is 1. The molecule has 3 aromatic rings. The van der Waals surface area contributed by atoms with Crippen molar-refractivity contribution in [3.8, 4) is 11.5 Å². The predicted molar refractivity (Wildman–Crippen MR) is 137 cm³/mol. The summed E-state index contributed by atoms with van der Waals surface area (Å²) in [4.78, 5) is 28.1. The zero-order valence-electron chi connectivity index (χ0n) is 19.3. The molecule has 1 atom stereocenters. The number of aryl methyl sites for hydroxylation is 1. The summed E-state index contributed by atoms with van der Waals surface area (Å²) in [5.41, 5.74) is 2.14. The smallest absolute Gasteiger partial charge is 0.300 e. The molecule has 0 radical (unpaired) electrons. The van der Waals surface area contributed by atoms with Crippen molar-refractivity contribution < 1.29 is 24.2 Å². The molecule has 1 aliphatic heterocycles. The van der Waals surface area contributed by atoms with Gasteiger partial charge in [0.25, 0.3) is 11.7 Å². The summed E-state index contributed by atoms with van der Waals surface area (Å²) in [5, 5.41) is 11.7. The molecule has 1 aliphatic rings. The Labute approximate surface area is 213 Å². The summed E-state index contributed by atoms with van der Waals surface area (Å²) in [6, 6.07) is 16.3. The summed E-state index contributed by atoms with van der Waals surface area (Å²) in [6.07, 6.45) is 0. The van der Waals surface area contributed by atoms with Crippen LogP contribution < -0.4 is 14.4 Å². The van der Waals surface area contributed by atoms with Gasteiger partial charge in [0.05, 0.1) is 35.4 Å². The van der Waals surface area contributed by atoms with Crippen molar-refractivity contribution in [3.05, 3.63) is 93.0 Å². The van der Waals surface area contributed by atoms with Gasteiger partial charge in [0.15, 0.2) is 5.75 Å². The summed E-state index contributed by atoms with van der Waals surface area (Å²) in [6.45, 7) is 4.19. The molecule has 0 bridgehead atoms. The first-order valence-electron chi connectivity index (χ1n) is 10.9. The summed E-state index contributed by atoms with van der Waals surface area (Å²) < 4.78 is 10.8. The third-order valence-electron chi connectivity index (χ3n) is 5.81. The van der Waals surface area contributed by atoms with Crippen LogP contribution in [0.4, 0.5) is 5.69 Å². The van der Waals surface area contributed by atoms with E-state index in [1.165, 1.54) is 24.1 Å². The highest BCUT2D eigenvalue weighted by atomic mass is 35.5. The molecule has 6 nitrogen and oxygen atoms in total. The zero-order valence-corrected chi connectivity index (χ0v) is 20.9. The number of benzene rings is 3.